The molecular weight excluding hydrogens is 301 g/mol. The van der Waals surface area contributed by atoms with E-state index in [0.29, 0.717) is 12.1 Å². The second-order valence-corrected chi connectivity index (χ2v) is 5.41. The molecule has 0 aliphatic heterocycles. The van der Waals surface area contributed by atoms with Gasteiger partial charge in [0.05, 0.1) is 17.6 Å². The minimum absolute atomic E-state index is 0.513. The fourth-order valence-electron chi connectivity index (χ4n) is 2.54. The Balaban J connectivity index is 2.10. The quantitative estimate of drug-likeness (QED) is 0.679. The Morgan fingerprint density at radius 3 is 2.39 bits per heavy atom. The van der Waals surface area contributed by atoms with E-state index in [9.17, 15) is 13.2 Å². The highest BCUT2D eigenvalue weighted by Gasteiger charge is 2.31. The summed E-state index contributed by atoms with van der Waals surface area (Å²) in [6.45, 7) is 1.82. The summed E-state index contributed by atoms with van der Waals surface area (Å²) in [5, 5.41) is 0. The van der Waals surface area contributed by atoms with Crippen molar-refractivity contribution in [3.05, 3.63) is 83.4 Å². The maximum Gasteiger partial charge on any atom is 0.416 e. The zero-order chi connectivity index (χ0) is 16.4. The van der Waals surface area contributed by atoms with Gasteiger partial charge < -0.3 is 4.57 Å². The molecule has 1 heterocycles. The molecule has 3 aromatic rings. The van der Waals surface area contributed by atoms with Gasteiger partial charge in [-0.15, -0.1) is 0 Å². The number of aryl methyl sites for hydroxylation is 1. The van der Waals surface area contributed by atoms with Crippen LogP contribution in [0.4, 0.5) is 13.2 Å². The van der Waals surface area contributed by atoms with E-state index in [-0.39, 0.29) is 0 Å². The van der Waals surface area contributed by atoms with E-state index in [0.717, 1.165) is 22.9 Å². The molecule has 0 radical (unpaired) electrons. The van der Waals surface area contributed by atoms with Crippen LogP contribution in [0.5, 0.6) is 0 Å². The van der Waals surface area contributed by atoms with Crippen LogP contribution >= 0.6 is 0 Å². The van der Waals surface area contributed by atoms with E-state index in [4.69, 9.17) is 0 Å². The first-order valence-electron chi connectivity index (χ1n) is 7.18. The molecule has 0 spiro atoms. The van der Waals surface area contributed by atoms with Gasteiger partial charge in [-0.05, 0) is 36.6 Å². The molecule has 0 atom stereocenters. The molecular formula is C18H15F3N2. The van der Waals surface area contributed by atoms with Crippen molar-refractivity contribution in [2.24, 2.45) is 0 Å². The number of benzene rings is 2. The third-order valence-corrected chi connectivity index (χ3v) is 3.73. The van der Waals surface area contributed by atoms with Crippen LogP contribution < -0.4 is 0 Å². The Labute approximate surface area is 132 Å². The molecule has 0 N–H and O–H groups in total. The molecule has 5 heteroatoms. The monoisotopic (exact) mass is 316 g/mol. The van der Waals surface area contributed by atoms with E-state index in [1.807, 2.05) is 37.3 Å². The highest BCUT2D eigenvalue weighted by Crippen LogP contribution is 2.32. The summed E-state index contributed by atoms with van der Waals surface area (Å²) in [5.41, 5.74) is 2.52. The lowest BCUT2D eigenvalue weighted by atomic mass is 10.0. The molecule has 0 saturated heterocycles. The Morgan fingerprint density at radius 1 is 1.04 bits per heavy atom. The molecule has 3 rings (SSSR count). The van der Waals surface area contributed by atoms with Crippen molar-refractivity contribution < 1.29 is 13.2 Å². The molecule has 0 saturated carbocycles. The fraction of sp³-hybridized carbons (Fsp3) is 0.167. The van der Waals surface area contributed by atoms with Crippen molar-refractivity contribution >= 4 is 0 Å². The minimum atomic E-state index is -4.37. The molecule has 1 aromatic heterocycles. The standard InChI is InChI=1S/C18H15F3N2/c1-13-11-22-12-23(13)17-10-16(18(19,20)21)8-7-15(17)9-14-5-3-2-4-6-14/h2-8,10-12H,9H2,1H3. The maximum absolute atomic E-state index is 13.0. The summed E-state index contributed by atoms with van der Waals surface area (Å²) < 4.78 is 40.8. The van der Waals surface area contributed by atoms with Gasteiger partial charge in [0.1, 0.15) is 0 Å². The third-order valence-electron chi connectivity index (χ3n) is 3.73. The first-order chi connectivity index (χ1) is 10.9. The molecule has 0 bridgehead atoms. The summed E-state index contributed by atoms with van der Waals surface area (Å²) in [4.78, 5) is 4.02. The van der Waals surface area contributed by atoms with Gasteiger partial charge in [-0.3, -0.25) is 0 Å². The van der Waals surface area contributed by atoms with E-state index in [2.05, 4.69) is 4.98 Å². The number of rotatable bonds is 3. The van der Waals surface area contributed by atoms with Crippen molar-refractivity contribution in [3.8, 4) is 5.69 Å². The van der Waals surface area contributed by atoms with Gasteiger partial charge >= 0.3 is 6.18 Å². The van der Waals surface area contributed by atoms with Crippen LogP contribution in [-0.2, 0) is 12.6 Å². The number of halogens is 3. The number of hydrogen-bond donors (Lipinski definition) is 0. The van der Waals surface area contributed by atoms with Crippen molar-refractivity contribution in [2.75, 3.05) is 0 Å². The third kappa shape index (κ3) is 3.28. The van der Waals surface area contributed by atoms with Crippen LogP contribution in [0.25, 0.3) is 5.69 Å². The predicted molar refractivity (Wildman–Crippen MR) is 82.6 cm³/mol. The largest absolute Gasteiger partial charge is 0.416 e. The van der Waals surface area contributed by atoms with Crippen LogP contribution in [0, 0.1) is 6.92 Å². The number of imidazole rings is 1. The fourth-order valence-corrected chi connectivity index (χ4v) is 2.54. The molecule has 118 valence electrons. The Bertz CT molecular complexity index is 805. The lowest BCUT2D eigenvalue weighted by molar-refractivity contribution is -0.137. The molecule has 23 heavy (non-hydrogen) atoms. The van der Waals surface area contributed by atoms with E-state index < -0.39 is 11.7 Å². The zero-order valence-electron chi connectivity index (χ0n) is 12.5. The average Bonchev–Trinajstić information content (AvgIpc) is 2.93. The summed E-state index contributed by atoms with van der Waals surface area (Å²) >= 11 is 0. The van der Waals surface area contributed by atoms with Crippen molar-refractivity contribution in [1.29, 1.82) is 0 Å². The second kappa shape index (κ2) is 5.91. The number of nitrogens with zero attached hydrogens (tertiary/aromatic N) is 2. The van der Waals surface area contributed by atoms with Crippen LogP contribution in [0.15, 0.2) is 61.1 Å². The van der Waals surface area contributed by atoms with Gasteiger partial charge in [0.2, 0.25) is 0 Å². The van der Waals surface area contributed by atoms with Crippen molar-refractivity contribution in [3.63, 3.8) is 0 Å². The van der Waals surface area contributed by atoms with E-state index in [1.165, 1.54) is 6.07 Å². The van der Waals surface area contributed by atoms with Gasteiger partial charge in [0.25, 0.3) is 0 Å². The lowest BCUT2D eigenvalue weighted by Crippen LogP contribution is -2.09. The normalized spacial score (nSPS) is 11.7. The Morgan fingerprint density at radius 2 is 1.78 bits per heavy atom. The smallest absolute Gasteiger partial charge is 0.303 e. The molecule has 0 aliphatic rings. The first kappa shape index (κ1) is 15.3. The van der Waals surface area contributed by atoms with Gasteiger partial charge in [-0.1, -0.05) is 36.4 Å². The SMILES string of the molecule is Cc1cncn1-c1cc(C(F)(F)F)ccc1Cc1ccccc1. The van der Waals surface area contributed by atoms with Crippen LogP contribution in [0.2, 0.25) is 0 Å². The molecule has 2 nitrogen and oxygen atoms in total. The van der Waals surface area contributed by atoms with Gasteiger partial charge in [0, 0.05) is 11.9 Å². The summed E-state index contributed by atoms with van der Waals surface area (Å²) in [7, 11) is 0. The minimum Gasteiger partial charge on any atom is -0.303 e. The van der Waals surface area contributed by atoms with Crippen LogP contribution in [0.3, 0.4) is 0 Å². The molecule has 2 aromatic carbocycles. The van der Waals surface area contributed by atoms with Crippen molar-refractivity contribution in [1.82, 2.24) is 9.55 Å². The summed E-state index contributed by atoms with van der Waals surface area (Å²) in [6.07, 6.45) is -0.633. The van der Waals surface area contributed by atoms with Gasteiger partial charge in [0.15, 0.2) is 0 Å². The lowest BCUT2D eigenvalue weighted by Gasteiger charge is -2.15. The molecule has 0 aliphatic carbocycles. The molecule has 0 fully saturated rings. The number of aromatic nitrogens is 2. The predicted octanol–water partition coefficient (Wildman–Crippen LogP) is 4.79. The number of alkyl halides is 3. The average molecular weight is 316 g/mol. The maximum atomic E-state index is 13.0. The van der Waals surface area contributed by atoms with Crippen LogP contribution in [-0.4, -0.2) is 9.55 Å². The first-order valence-corrected chi connectivity index (χ1v) is 7.18. The summed E-state index contributed by atoms with van der Waals surface area (Å²) in [5.74, 6) is 0. The van der Waals surface area contributed by atoms with Crippen molar-refractivity contribution in [2.45, 2.75) is 19.5 Å². The zero-order valence-corrected chi connectivity index (χ0v) is 12.5. The topological polar surface area (TPSA) is 17.8 Å². The van der Waals surface area contributed by atoms with E-state index >= 15 is 0 Å². The van der Waals surface area contributed by atoms with Gasteiger partial charge in [-0.25, -0.2) is 4.98 Å². The van der Waals surface area contributed by atoms with E-state index in [1.54, 1.807) is 23.2 Å². The molecule has 0 unspecified atom stereocenters. The van der Waals surface area contributed by atoms with Gasteiger partial charge in [-0.2, -0.15) is 13.2 Å². The summed E-state index contributed by atoms with van der Waals surface area (Å²) in [6, 6.07) is 13.5. The highest BCUT2D eigenvalue weighted by atomic mass is 19.4. The Hall–Kier alpha value is -2.56. The second-order valence-electron chi connectivity index (χ2n) is 5.41. The number of hydrogen-bond acceptors (Lipinski definition) is 1. The highest BCUT2D eigenvalue weighted by molar-refractivity contribution is 5.48. The Kier molecular flexibility index (Phi) is 3.94. The molecule has 0 amide bonds. The van der Waals surface area contributed by atoms with Crippen LogP contribution in [0.1, 0.15) is 22.4 Å².